The smallest absolute Gasteiger partial charge is 0.248 e. The van der Waals surface area contributed by atoms with Crippen molar-refractivity contribution < 1.29 is 75.9 Å². The molecule has 1 unspecified atom stereocenters. The number of rotatable bonds is 22. The lowest BCUT2D eigenvalue weighted by molar-refractivity contribution is -0.151. The van der Waals surface area contributed by atoms with Gasteiger partial charge in [0, 0.05) is 90.7 Å². The highest BCUT2D eigenvalue weighted by atomic mass is 35.5. The summed E-state index contributed by atoms with van der Waals surface area (Å²) >= 11 is 13.0. The number of hydrogen-bond acceptors (Lipinski definition) is 17. The molecular weight excluding hydrogens is 1450 g/mol. The van der Waals surface area contributed by atoms with Gasteiger partial charge in [-0.3, -0.25) is 62.3 Å². The molecule has 604 valence electrons. The third kappa shape index (κ3) is 27.6. The van der Waals surface area contributed by atoms with Crippen LogP contribution in [0.4, 0.5) is 0 Å². The number of carbonyl (C=O) groups excluding carboxylic acids is 13. The number of amides is 12. The van der Waals surface area contributed by atoms with E-state index in [-0.39, 0.29) is 80.9 Å². The quantitative estimate of drug-likeness (QED) is 0.0826. The maximum Gasteiger partial charge on any atom is 0.248 e. The van der Waals surface area contributed by atoms with Gasteiger partial charge in [0.15, 0.2) is 0 Å². The Morgan fingerprint density at radius 1 is 0.602 bits per heavy atom. The van der Waals surface area contributed by atoms with Gasteiger partial charge in [0.2, 0.25) is 80.9 Å². The Labute approximate surface area is 648 Å². The molecule has 0 aromatic heterocycles. The van der Waals surface area contributed by atoms with Crippen molar-refractivity contribution in [2.24, 2.45) is 29.6 Å². The van der Waals surface area contributed by atoms with Gasteiger partial charge in [0.25, 0.3) is 0 Å². The Morgan fingerprint density at radius 3 is 1.61 bits per heavy atom. The van der Waals surface area contributed by atoms with E-state index in [1.165, 1.54) is 52.0 Å². The lowest BCUT2D eigenvalue weighted by atomic mass is 9.94. The fourth-order valence-electron chi connectivity index (χ4n) is 13.7. The number of aliphatic hydroxyl groups is 1. The average molecular weight is 1570 g/mol. The molecule has 2 fully saturated rings. The van der Waals surface area contributed by atoms with Crippen molar-refractivity contribution in [3.8, 4) is 0 Å². The third-order valence-electron chi connectivity index (χ3n) is 19.7. The van der Waals surface area contributed by atoms with Gasteiger partial charge in [0.1, 0.15) is 60.7 Å². The van der Waals surface area contributed by atoms with E-state index in [1.807, 2.05) is 39.3 Å². The highest BCUT2D eigenvalue weighted by Crippen LogP contribution is 2.25. The maximum atomic E-state index is 15.7. The van der Waals surface area contributed by atoms with Crippen molar-refractivity contribution >= 4 is 110 Å². The van der Waals surface area contributed by atoms with Crippen LogP contribution in [0.3, 0.4) is 0 Å². The standard InChI is InChI=1S/C76H119Cl2N13O16S/c1-18-20-32-91-43-63(95)85(12)59(37-47(7)8)68(97)80-55(30-31-62(94)84-108(17,106)107)71(100)88(15)61(41-51-27-25-29-54(78)39-51)74(103)89(16)66(48(9)10)70(99)83-65(76(105)90-33-22-21-23-34-90)52(44-92)42-79-56(35-45(3)4)72(101)87(14)60(40-50-26-24-28-53(77)38-50)69(98)81-57(36-46(5)6)73(102)86(13)58(19-2)67(96)82-64(49(11)93)75(91)104/h24-29,38-39,44-49,52,55-61,64-66,79,93H,18-23,30-37,40-43H2,1-17H3,(H,80,97)(H,81,98)(H,82,96)(H,83,99)(H,84,94)/t49-,52?,55+,56-,57+,58+,59+,60+,61+,64+,65+,66+/m1/s1. The van der Waals surface area contributed by atoms with Crippen LogP contribution >= 0.6 is 23.2 Å². The number of nitrogens with zero attached hydrogens (tertiary/aromatic N) is 7. The minimum Gasteiger partial charge on any atom is -0.391 e. The van der Waals surface area contributed by atoms with E-state index in [4.69, 9.17) is 23.2 Å². The van der Waals surface area contributed by atoms with Crippen LogP contribution in [0, 0.1) is 29.6 Å². The van der Waals surface area contributed by atoms with Gasteiger partial charge in [-0.2, -0.15) is 0 Å². The van der Waals surface area contributed by atoms with Crippen LogP contribution in [-0.2, 0) is 85.2 Å². The number of hydrogen-bond donors (Lipinski definition) is 7. The number of halogens is 2. The molecular formula is C76H119Cl2N13O16S. The van der Waals surface area contributed by atoms with Gasteiger partial charge in [-0.05, 0) is 124 Å². The number of aliphatic hydroxyl groups excluding tert-OH is 1. The molecule has 2 aliphatic heterocycles. The molecule has 12 atom stereocenters. The number of aldehydes is 1. The number of unbranched alkanes of at least 4 members (excludes halogenated alkanes) is 1. The highest BCUT2D eigenvalue weighted by Gasteiger charge is 2.45. The van der Waals surface area contributed by atoms with Gasteiger partial charge >= 0.3 is 0 Å². The second-order valence-corrected chi connectivity index (χ2v) is 33.1. The van der Waals surface area contributed by atoms with Crippen LogP contribution in [0.5, 0.6) is 0 Å². The van der Waals surface area contributed by atoms with Crippen molar-refractivity contribution in [1.82, 2.24) is 65.6 Å². The molecule has 108 heavy (non-hydrogen) atoms. The number of likely N-dealkylation sites (tertiary alicyclic amines) is 1. The predicted molar refractivity (Wildman–Crippen MR) is 411 cm³/mol. The van der Waals surface area contributed by atoms with Crippen LogP contribution < -0.4 is 31.3 Å². The minimum atomic E-state index is -4.15. The number of carbonyl (C=O) groups is 13. The summed E-state index contributed by atoms with van der Waals surface area (Å²) in [4.78, 5) is 202. The van der Waals surface area contributed by atoms with Crippen molar-refractivity contribution in [3.63, 3.8) is 0 Å². The van der Waals surface area contributed by atoms with E-state index in [2.05, 4.69) is 26.6 Å². The summed E-state index contributed by atoms with van der Waals surface area (Å²) in [5.41, 5.74) is 0.957. The number of benzene rings is 2. The molecule has 0 bridgehead atoms. The van der Waals surface area contributed by atoms with Gasteiger partial charge in [0.05, 0.1) is 30.9 Å². The molecule has 7 N–H and O–H groups in total. The van der Waals surface area contributed by atoms with E-state index in [1.54, 1.807) is 83.1 Å². The van der Waals surface area contributed by atoms with Crippen molar-refractivity contribution in [1.29, 1.82) is 0 Å². The van der Waals surface area contributed by atoms with Gasteiger partial charge in [-0.15, -0.1) is 0 Å². The molecule has 0 radical (unpaired) electrons. The Bertz CT molecular complexity index is 3560. The van der Waals surface area contributed by atoms with E-state index >= 15 is 38.4 Å². The average Bonchev–Trinajstić information content (AvgIpc) is 0.811. The largest absolute Gasteiger partial charge is 0.391 e. The fourth-order valence-corrected chi connectivity index (χ4v) is 14.6. The zero-order valence-electron chi connectivity index (χ0n) is 66.0. The summed E-state index contributed by atoms with van der Waals surface area (Å²) in [7, 11) is 2.50. The summed E-state index contributed by atoms with van der Waals surface area (Å²) < 4.78 is 26.5. The fraction of sp³-hybridized carbons (Fsp3) is 0.671. The number of piperidine rings is 1. The van der Waals surface area contributed by atoms with Crippen molar-refractivity contribution in [2.45, 2.75) is 226 Å². The molecule has 32 heteroatoms. The lowest BCUT2D eigenvalue weighted by Gasteiger charge is -2.39. The van der Waals surface area contributed by atoms with E-state index < -0.39 is 185 Å². The summed E-state index contributed by atoms with van der Waals surface area (Å²) in [6.07, 6.45) is 0.863. The van der Waals surface area contributed by atoms with E-state index in [0.29, 0.717) is 48.1 Å². The molecule has 2 aliphatic rings. The first-order valence-corrected chi connectivity index (χ1v) is 40.2. The molecule has 2 aromatic rings. The highest BCUT2D eigenvalue weighted by molar-refractivity contribution is 7.89. The Morgan fingerprint density at radius 2 is 1.10 bits per heavy atom. The summed E-state index contributed by atoms with van der Waals surface area (Å²) in [5, 5.41) is 26.3. The van der Waals surface area contributed by atoms with E-state index in [0.717, 1.165) is 37.2 Å². The lowest BCUT2D eigenvalue weighted by Crippen LogP contribution is -2.63. The summed E-state index contributed by atoms with van der Waals surface area (Å²) in [6, 6.07) is -1.70. The van der Waals surface area contributed by atoms with Crippen LogP contribution in [-0.4, -0.2) is 266 Å². The first-order chi connectivity index (χ1) is 50.6. The molecule has 2 saturated heterocycles. The molecule has 2 aromatic carbocycles. The zero-order valence-corrected chi connectivity index (χ0v) is 68.4. The molecule has 0 saturated carbocycles. The molecule has 4 rings (SSSR count). The number of nitrogens with one attached hydrogen (secondary N) is 6. The first-order valence-electron chi connectivity index (χ1n) is 37.5. The van der Waals surface area contributed by atoms with Crippen LogP contribution in [0.25, 0.3) is 0 Å². The monoisotopic (exact) mass is 1570 g/mol. The summed E-state index contributed by atoms with van der Waals surface area (Å²) in [5.74, 6) is -13.0. The SMILES string of the molecule is CCCCN1CC(=O)N(C)[C@@H](CC(C)C)C(=O)N[C@@H](CCC(=O)NS(C)(=O)=O)C(=O)N(C)[C@@H](Cc2cccc(Cl)c2)C(=O)N(C)[C@@H](C(C)C)C(=O)N[C@H](C(=O)N2CCCCC2)C(C=O)CN[C@H](CC(C)C)C(=O)N(C)[C@@H](Cc2cccc(Cl)c2)C(=O)N[C@@H](CC(C)C)C(=O)N(C)[C@@H](CC)C(=O)N[C@@H]([C@@H](C)O)C1=O. The predicted octanol–water partition coefficient (Wildman–Crippen LogP) is 3.72. The number of sulfonamides is 1. The van der Waals surface area contributed by atoms with Gasteiger partial charge in [-0.1, -0.05) is 123 Å². The third-order valence-corrected chi connectivity index (χ3v) is 20.8. The van der Waals surface area contributed by atoms with Crippen molar-refractivity contribution in [3.05, 3.63) is 69.7 Å². The van der Waals surface area contributed by atoms with Crippen molar-refractivity contribution in [2.75, 3.05) is 74.2 Å². The second kappa shape index (κ2) is 43.6. The molecule has 0 spiro atoms. The first kappa shape index (κ1) is 92.6. The molecule has 0 aliphatic carbocycles. The normalized spacial score (nSPS) is 24.8. The molecule has 12 amide bonds. The van der Waals surface area contributed by atoms with Gasteiger partial charge < -0.3 is 70.8 Å². The Hall–Kier alpha value is -7.80. The molecule has 2 heterocycles. The number of likely N-dealkylation sites (N-methyl/N-ethyl adjacent to an activating group) is 5. The zero-order chi connectivity index (χ0) is 81.4. The Balaban J connectivity index is 2.07. The summed E-state index contributed by atoms with van der Waals surface area (Å²) in [6.45, 7) is 18.2. The maximum absolute atomic E-state index is 15.7. The molecule has 29 nitrogen and oxygen atoms in total. The van der Waals surface area contributed by atoms with Crippen LogP contribution in [0.15, 0.2) is 48.5 Å². The topological polar surface area (TPSA) is 371 Å². The van der Waals surface area contributed by atoms with E-state index in [9.17, 15) is 37.5 Å². The van der Waals surface area contributed by atoms with Crippen LogP contribution in [0.1, 0.15) is 158 Å². The minimum absolute atomic E-state index is 0.0351. The van der Waals surface area contributed by atoms with Gasteiger partial charge in [-0.25, -0.2) is 8.42 Å². The Kier molecular flexibility index (Phi) is 37.3. The second-order valence-electron chi connectivity index (χ2n) is 30.4. The van der Waals surface area contributed by atoms with Crippen LogP contribution in [0.2, 0.25) is 10.0 Å².